The number of hydrogen-bond donors (Lipinski definition) is 6. The molecule has 16 heteroatoms. The van der Waals surface area contributed by atoms with E-state index in [-0.39, 0.29) is 71.7 Å². The highest BCUT2D eigenvalue weighted by Gasteiger charge is 2.22. The Kier molecular flexibility index (Phi) is 12.1. The summed E-state index contributed by atoms with van der Waals surface area (Å²) in [5.41, 5.74) is 0.465. The highest BCUT2D eigenvalue weighted by atomic mass is 16.5. The third kappa shape index (κ3) is 9.75. The van der Waals surface area contributed by atoms with Crippen molar-refractivity contribution in [3.63, 3.8) is 0 Å². The van der Waals surface area contributed by atoms with Crippen molar-refractivity contribution in [3.05, 3.63) is 153 Å². The van der Waals surface area contributed by atoms with Crippen LogP contribution in [0.5, 0.6) is 23.0 Å². The Labute approximate surface area is 315 Å². The molecule has 286 valence electrons. The first kappa shape index (κ1) is 39.3. The summed E-state index contributed by atoms with van der Waals surface area (Å²) in [6, 6.07) is 21.9. The second-order valence-corrected chi connectivity index (χ2v) is 11.9. The van der Waals surface area contributed by atoms with Gasteiger partial charge in [-0.15, -0.1) is 0 Å². The minimum atomic E-state index is -1.44. The number of carboxylic acids is 6. The molecule has 0 bridgehead atoms. The quantitative estimate of drug-likeness (QED) is 0.0580. The second-order valence-electron chi connectivity index (χ2n) is 11.9. The molecule has 0 unspecified atom stereocenters. The fraction of sp³-hybridized carbons (Fsp3) is 0.100. The number of rotatable bonds is 18. The Bertz CT molecular complexity index is 2200. The molecule has 0 radical (unpaired) electrons. The van der Waals surface area contributed by atoms with E-state index in [4.69, 9.17) is 18.9 Å². The Hall–Kier alpha value is -7.88. The largest absolute Gasteiger partial charge is 0.488 e. The Morgan fingerprint density at radius 3 is 0.893 bits per heavy atom. The predicted molar refractivity (Wildman–Crippen MR) is 191 cm³/mol. The molecule has 0 fully saturated rings. The number of hydrogen-bond acceptors (Lipinski definition) is 10. The third-order valence-electron chi connectivity index (χ3n) is 8.02. The molecule has 56 heavy (non-hydrogen) atoms. The minimum absolute atomic E-state index is 0.158. The first-order valence-electron chi connectivity index (χ1n) is 16.2. The highest BCUT2D eigenvalue weighted by Crippen LogP contribution is 2.31. The topological polar surface area (TPSA) is 261 Å². The number of aromatic carboxylic acids is 6. The predicted octanol–water partition coefficient (Wildman–Crippen LogP) is 6.19. The molecule has 0 aliphatic rings. The molecule has 5 aromatic rings. The molecule has 0 amide bonds. The number of benzene rings is 5. The van der Waals surface area contributed by atoms with Gasteiger partial charge in [0, 0.05) is 0 Å². The minimum Gasteiger partial charge on any atom is -0.488 e. The van der Waals surface area contributed by atoms with Crippen LogP contribution in [-0.4, -0.2) is 66.5 Å². The standard InChI is InChI=1S/C40H30O16/c41-35(42)25-7-9-27(37(45)46)31(13-25)53-17-21-3-1-5-23(11-21)19-55-33-15-30(40(51)52)34(16-29(33)39(49)50)56-20-24-6-2-4-22(12-24)18-54-32-14-26(36(43)44)8-10-28(32)38(47)48/h1-16H,17-20H2,(H,41,42)(H,43,44)(H,45,46)(H,47,48)(H,49,50)(H,51,52). The average Bonchev–Trinajstić information content (AvgIpc) is 3.17. The van der Waals surface area contributed by atoms with Crippen LogP contribution < -0.4 is 18.9 Å². The maximum Gasteiger partial charge on any atom is 0.339 e. The van der Waals surface area contributed by atoms with Crippen molar-refractivity contribution in [2.45, 2.75) is 26.4 Å². The highest BCUT2D eigenvalue weighted by molar-refractivity contribution is 5.97. The summed E-state index contributed by atoms with van der Waals surface area (Å²) in [4.78, 5) is 70.5. The molecule has 6 N–H and O–H groups in total. The summed E-state index contributed by atoms with van der Waals surface area (Å²) in [6.45, 7) is -0.749. The first-order chi connectivity index (χ1) is 26.7. The van der Waals surface area contributed by atoms with Crippen molar-refractivity contribution in [3.8, 4) is 23.0 Å². The van der Waals surface area contributed by atoms with Gasteiger partial charge in [-0.1, -0.05) is 36.4 Å². The van der Waals surface area contributed by atoms with Crippen LogP contribution >= 0.6 is 0 Å². The lowest BCUT2D eigenvalue weighted by Crippen LogP contribution is -2.10. The summed E-state index contributed by atoms with van der Waals surface area (Å²) in [6.07, 6.45) is 0. The molecule has 0 saturated heterocycles. The summed E-state index contributed by atoms with van der Waals surface area (Å²) in [5, 5.41) is 57.4. The fourth-order valence-electron chi connectivity index (χ4n) is 5.30. The van der Waals surface area contributed by atoms with Crippen molar-refractivity contribution in [2.24, 2.45) is 0 Å². The molecule has 16 nitrogen and oxygen atoms in total. The van der Waals surface area contributed by atoms with Crippen LogP contribution in [0.2, 0.25) is 0 Å². The maximum atomic E-state index is 12.3. The van der Waals surface area contributed by atoms with E-state index in [9.17, 15) is 59.4 Å². The fourth-order valence-corrected chi connectivity index (χ4v) is 5.30. The van der Waals surface area contributed by atoms with Crippen molar-refractivity contribution >= 4 is 35.8 Å². The zero-order valence-corrected chi connectivity index (χ0v) is 28.8. The van der Waals surface area contributed by atoms with Crippen LogP contribution in [0.1, 0.15) is 84.4 Å². The monoisotopic (exact) mass is 766 g/mol. The summed E-state index contributed by atoms with van der Waals surface area (Å²) < 4.78 is 22.8. The SMILES string of the molecule is O=C(O)c1ccc(C(=O)O)c(OCc2cccc(COc3cc(C(=O)O)c(OCc4cccc(COc5cc(C(=O)O)ccc5C(=O)O)c4)cc3C(=O)O)c2)c1. The normalized spacial score (nSPS) is 10.6. The number of carboxylic acid groups (broad SMARTS) is 6. The lowest BCUT2D eigenvalue weighted by Gasteiger charge is -2.15. The summed E-state index contributed by atoms with van der Waals surface area (Å²) in [7, 11) is 0. The van der Waals surface area contributed by atoms with Gasteiger partial charge < -0.3 is 49.6 Å². The van der Waals surface area contributed by atoms with Crippen LogP contribution in [0.3, 0.4) is 0 Å². The van der Waals surface area contributed by atoms with E-state index in [1.165, 1.54) is 0 Å². The van der Waals surface area contributed by atoms with Crippen molar-refractivity contribution in [2.75, 3.05) is 0 Å². The van der Waals surface area contributed by atoms with E-state index >= 15 is 0 Å². The molecule has 0 aliphatic carbocycles. The van der Waals surface area contributed by atoms with Gasteiger partial charge in [-0.05, 0) is 82.9 Å². The maximum absolute atomic E-state index is 12.3. The Morgan fingerprint density at radius 1 is 0.339 bits per heavy atom. The zero-order valence-electron chi connectivity index (χ0n) is 28.8. The molecular formula is C40H30O16. The van der Waals surface area contributed by atoms with Gasteiger partial charge in [-0.3, -0.25) is 0 Å². The van der Waals surface area contributed by atoms with E-state index in [0.29, 0.717) is 22.3 Å². The van der Waals surface area contributed by atoms with Gasteiger partial charge in [0.1, 0.15) is 71.7 Å². The molecule has 0 aromatic heterocycles. The van der Waals surface area contributed by atoms with Gasteiger partial charge in [0.25, 0.3) is 0 Å². The van der Waals surface area contributed by atoms with Crippen LogP contribution in [0.4, 0.5) is 0 Å². The van der Waals surface area contributed by atoms with E-state index in [2.05, 4.69) is 0 Å². The van der Waals surface area contributed by atoms with E-state index in [1.54, 1.807) is 48.5 Å². The summed E-state index contributed by atoms with van der Waals surface area (Å²) in [5.74, 6) is -8.91. The van der Waals surface area contributed by atoms with Crippen LogP contribution in [0, 0.1) is 0 Å². The van der Waals surface area contributed by atoms with Crippen molar-refractivity contribution < 1.29 is 78.4 Å². The van der Waals surface area contributed by atoms with E-state index in [1.807, 2.05) is 0 Å². The number of ether oxygens (including phenoxy) is 4. The second kappa shape index (κ2) is 17.3. The van der Waals surface area contributed by atoms with Crippen LogP contribution in [0.25, 0.3) is 0 Å². The lowest BCUT2D eigenvalue weighted by atomic mass is 10.1. The van der Waals surface area contributed by atoms with E-state index in [0.717, 1.165) is 48.5 Å². The van der Waals surface area contributed by atoms with Gasteiger partial charge in [0.05, 0.1) is 11.1 Å². The van der Waals surface area contributed by atoms with Crippen LogP contribution in [-0.2, 0) is 26.4 Å². The van der Waals surface area contributed by atoms with E-state index < -0.39 is 46.9 Å². The Balaban J connectivity index is 1.28. The smallest absolute Gasteiger partial charge is 0.339 e. The molecule has 0 spiro atoms. The number of carbonyl (C=O) groups is 6. The van der Waals surface area contributed by atoms with Gasteiger partial charge in [0.2, 0.25) is 0 Å². The molecule has 0 atom stereocenters. The molecule has 0 heterocycles. The molecular weight excluding hydrogens is 736 g/mol. The van der Waals surface area contributed by atoms with Gasteiger partial charge in [-0.2, -0.15) is 0 Å². The third-order valence-corrected chi connectivity index (χ3v) is 8.02. The molecule has 5 aromatic carbocycles. The molecule has 5 rings (SSSR count). The lowest BCUT2D eigenvalue weighted by molar-refractivity contribution is 0.0672. The van der Waals surface area contributed by atoms with Crippen molar-refractivity contribution in [1.29, 1.82) is 0 Å². The molecule has 0 saturated carbocycles. The zero-order chi connectivity index (χ0) is 40.5. The first-order valence-corrected chi connectivity index (χ1v) is 16.2. The average molecular weight is 767 g/mol. The van der Waals surface area contributed by atoms with Crippen molar-refractivity contribution in [1.82, 2.24) is 0 Å². The Morgan fingerprint density at radius 2 is 0.625 bits per heavy atom. The van der Waals surface area contributed by atoms with Crippen LogP contribution in [0.15, 0.2) is 97.1 Å². The van der Waals surface area contributed by atoms with Gasteiger partial charge >= 0.3 is 35.8 Å². The summed E-state index contributed by atoms with van der Waals surface area (Å²) >= 11 is 0. The molecule has 0 aliphatic heterocycles. The van der Waals surface area contributed by atoms with Gasteiger partial charge in [0.15, 0.2) is 0 Å². The van der Waals surface area contributed by atoms with Gasteiger partial charge in [-0.25, -0.2) is 28.8 Å².